The lowest BCUT2D eigenvalue weighted by molar-refractivity contribution is -0.133. The smallest absolute Gasteiger partial charge is 0.338 e. The number of carbonyl (C=O) groups is 2. The zero-order valence-electron chi connectivity index (χ0n) is 11.0. The van der Waals surface area contributed by atoms with Crippen LogP contribution in [-0.4, -0.2) is 36.5 Å². The summed E-state index contributed by atoms with van der Waals surface area (Å²) in [4.78, 5) is 25.4. The maximum Gasteiger partial charge on any atom is 0.338 e. The van der Waals surface area contributed by atoms with E-state index in [1.54, 1.807) is 30.0 Å². The van der Waals surface area contributed by atoms with Gasteiger partial charge in [-0.1, -0.05) is 6.07 Å². The normalized spacial score (nSPS) is 14.5. The van der Waals surface area contributed by atoms with Crippen LogP contribution in [0.25, 0.3) is 0 Å². The second-order valence-electron chi connectivity index (χ2n) is 4.74. The molecule has 19 heavy (non-hydrogen) atoms. The molecule has 1 aromatic carbocycles. The summed E-state index contributed by atoms with van der Waals surface area (Å²) in [5, 5.41) is 0. The lowest BCUT2D eigenvalue weighted by atomic mass is 10.1. The van der Waals surface area contributed by atoms with E-state index in [0.29, 0.717) is 11.3 Å². The first kappa shape index (κ1) is 13.4. The van der Waals surface area contributed by atoms with Crippen molar-refractivity contribution in [1.82, 2.24) is 4.90 Å². The van der Waals surface area contributed by atoms with Gasteiger partial charge >= 0.3 is 5.97 Å². The van der Waals surface area contributed by atoms with Crippen LogP contribution in [0.3, 0.4) is 0 Å². The quantitative estimate of drug-likeness (QED) is 0.659. The zero-order valence-corrected chi connectivity index (χ0v) is 11.0. The number of hydrogen-bond acceptors (Lipinski definition) is 4. The van der Waals surface area contributed by atoms with Crippen LogP contribution in [0.1, 0.15) is 28.8 Å². The first-order valence-electron chi connectivity index (χ1n) is 6.39. The van der Waals surface area contributed by atoms with Gasteiger partial charge in [0.1, 0.15) is 0 Å². The first-order chi connectivity index (χ1) is 9.08. The fourth-order valence-electron chi connectivity index (χ4n) is 2.12. The van der Waals surface area contributed by atoms with E-state index < -0.39 is 5.97 Å². The number of nitrogens with two attached hydrogens (primary N) is 1. The number of carbonyl (C=O) groups excluding carboxylic acids is 2. The predicted molar refractivity (Wildman–Crippen MR) is 71.7 cm³/mol. The number of nitrogen functional groups attached to an aromatic ring is 1. The molecular weight excluding hydrogens is 244 g/mol. The van der Waals surface area contributed by atoms with E-state index in [0.717, 1.165) is 31.5 Å². The van der Waals surface area contributed by atoms with E-state index in [4.69, 9.17) is 10.5 Å². The third-order valence-electron chi connectivity index (χ3n) is 3.27. The lowest BCUT2D eigenvalue weighted by Crippen LogP contribution is -2.32. The molecule has 1 fully saturated rings. The van der Waals surface area contributed by atoms with Gasteiger partial charge in [0.05, 0.1) is 5.56 Å². The van der Waals surface area contributed by atoms with E-state index in [1.807, 2.05) is 0 Å². The Kier molecular flexibility index (Phi) is 4.04. The summed E-state index contributed by atoms with van der Waals surface area (Å²) < 4.78 is 5.05. The molecule has 1 aliphatic rings. The SMILES string of the molecule is Cc1ccc(N)cc1C(=O)OCC(=O)N1CCCC1. The molecule has 0 bridgehead atoms. The molecule has 5 heteroatoms. The topological polar surface area (TPSA) is 72.6 Å². The summed E-state index contributed by atoms with van der Waals surface area (Å²) in [7, 11) is 0. The van der Waals surface area contributed by atoms with Gasteiger partial charge in [-0.3, -0.25) is 4.79 Å². The van der Waals surface area contributed by atoms with Gasteiger partial charge in [0.15, 0.2) is 6.61 Å². The number of aryl methyl sites for hydroxylation is 1. The molecular formula is C14H18N2O3. The molecule has 0 unspecified atom stereocenters. The average Bonchev–Trinajstić information content (AvgIpc) is 2.92. The van der Waals surface area contributed by atoms with Crippen LogP contribution in [0.15, 0.2) is 18.2 Å². The molecule has 0 spiro atoms. The number of likely N-dealkylation sites (tertiary alicyclic amines) is 1. The van der Waals surface area contributed by atoms with Crippen LogP contribution >= 0.6 is 0 Å². The highest BCUT2D eigenvalue weighted by molar-refractivity contribution is 5.93. The van der Waals surface area contributed by atoms with Gasteiger partial charge < -0.3 is 15.4 Å². The van der Waals surface area contributed by atoms with Crippen molar-refractivity contribution in [3.63, 3.8) is 0 Å². The number of hydrogen-bond donors (Lipinski definition) is 1. The number of rotatable bonds is 3. The van der Waals surface area contributed by atoms with E-state index in [2.05, 4.69) is 0 Å². The van der Waals surface area contributed by atoms with Crippen LogP contribution in [-0.2, 0) is 9.53 Å². The number of nitrogens with zero attached hydrogens (tertiary/aromatic N) is 1. The number of ether oxygens (including phenoxy) is 1. The van der Waals surface area contributed by atoms with Gasteiger partial charge in [0.25, 0.3) is 5.91 Å². The molecule has 1 heterocycles. The molecule has 0 saturated carbocycles. The highest BCUT2D eigenvalue weighted by Gasteiger charge is 2.20. The number of esters is 1. The highest BCUT2D eigenvalue weighted by Crippen LogP contribution is 2.14. The summed E-state index contributed by atoms with van der Waals surface area (Å²) in [6.07, 6.45) is 2.04. The van der Waals surface area contributed by atoms with Crippen LogP contribution in [0.4, 0.5) is 5.69 Å². The maximum absolute atomic E-state index is 11.9. The van der Waals surface area contributed by atoms with Gasteiger partial charge in [0.2, 0.25) is 0 Å². The van der Waals surface area contributed by atoms with Crippen LogP contribution in [0.2, 0.25) is 0 Å². The minimum Gasteiger partial charge on any atom is -0.452 e. The fraction of sp³-hybridized carbons (Fsp3) is 0.429. The molecule has 102 valence electrons. The number of anilines is 1. The van der Waals surface area contributed by atoms with E-state index >= 15 is 0 Å². The average molecular weight is 262 g/mol. The minimum atomic E-state index is -0.502. The summed E-state index contributed by atoms with van der Waals surface area (Å²) in [6.45, 7) is 3.12. The molecule has 2 N–H and O–H groups in total. The molecule has 1 saturated heterocycles. The lowest BCUT2D eigenvalue weighted by Gasteiger charge is -2.15. The molecule has 5 nitrogen and oxygen atoms in total. The molecule has 0 aliphatic carbocycles. The summed E-state index contributed by atoms with van der Waals surface area (Å²) >= 11 is 0. The van der Waals surface area contributed by atoms with Gasteiger partial charge in [-0.15, -0.1) is 0 Å². The second kappa shape index (κ2) is 5.73. The van der Waals surface area contributed by atoms with Crippen molar-refractivity contribution in [2.75, 3.05) is 25.4 Å². The van der Waals surface area contributed by atoms with Crippen molar-refractivity contribution >= 4 is 17.6 Å². The molecule has 0 aromatic heterocycles. The first-order valence-corrected chi connectivity index (χ1v) is 6.39. The number of amides is 1. The minimum absolute atomic E-state index is 0.132. The molecule has 1 amide bonds. The van der Waals surface area contributed by atoms with Gasteiger partial charge in [-0.25, -0.2) is 4.79 Å². The Hall–Kier alpha value is -2.04. The third kappa shape index (κ3) is 3.24. The van der Waals surface area contributed by atoms with Crippen molar-refractivity contribution in [3.05, 3.63) is 29.3 Å². The Bertz CT molecular complexity index is 493. The van der Waals surface area contributed by atoms with Crippen molar-refractivity contribution in [2.24, 2.45) is 0 Å². The largest absolute Gasteiger partial charge is 0.452 e. The van der Waals surface area contributed by atoms with Crippen molar-refractivity contribution < 1.29 is 14.3 Å². The van der Waals surface area contributed by atoms with E-state index in [-0.39, 0.29) is 12.5 Å². The van der Waals surface area contributed by atoms with Crippen molar-refractivity contribution in [1.29, 1.82) is 0 Å². The highest BCUT2D eigenvalue weighted by atomic mass is 16.5. The monoisotopic (exact) mass is 262 g/mol. The molecule has 2 rings (SSSR count). The summed E-state index contributed by atoms with van der Waals surface area (Å²) in [5.41, 5.74) is 7.34. The van der Waals surface area contributed by atoms with Crippen LogP contribution in [0.5, 0.6) is 0 Å². The Morgan fingerprint density at radius 2 is 2.00 bits per heavy atom. The Morgan fingerprint density at radius 1 is 1.32 bits per heavy atom. The predicted octanol–water partition coefficient (Wildman–Crippen LogP) is 1.36. The third-order valence-corrected chi connectivity index (χ3v) is 3.27. The van der Waals surface area contributed by atoms with E-state index in [9.17, 15) is 9.59 Å². The van der Waals surface area contributed by atoms with E-state index in [1.165, 1.54) is 0 Å². The van der Waals surface area contributed by atoms with Crippen LogP contribution < -0.4 is 5.73 Å². The summed E-state index contributed by atoms with van der Waals surface area (Å²) in [5.74, 6) is -0.634. The van der Waals surface area contributed by atoms with Crippen LogP contribution in [0, 0.1) is 6.92 Å². The molecule has 0 radical (unpaired) electrons. The molecule has 1 aliphatic heterocycles. The molecule has 1 aromatic rings. The Labute approximate surface area is 112 Å². The Balaban J connectivity index is 1.93. The number of benzene rings is 1. The van der Waals surface area contributed by atoms with Crippen molar-refractivity contribution in [2.45, 2.75) is 19.8 Å². The maximum atomic E-state index is 11.9. The van der Waals surface area contributed by atoms with Crippen molar-refractivity contribution in [3.8, 4) is 0 Å². The summed E-state index contributed by atoms with van der Waals surface area (Å²) in [6, 6.07) is 5.05. The molecule has 0 atom stereocenters. The van der Waals surface area contributed by atoms with Gasteiger partial charge in [-0.2, -0.15) is 0 Å². The van der Waals surface area contributed by atoms with Gasteiger partial charge in [0, 0.05) is 18.8 Å². The second-order valence-corrected chi connectivity index (χ2v) is 4.74. The zero-order chi connectivity index (χ0) is 13.8. The fourth-order valence-corrected chi connectivity index (χ4v) is 2.12. The Morgan fingerprint density at radius 3 is 2.68 bits per heavy atom. The standard InChI is InChI=1S/C14H18N2O3/c1-10-4-5-11(15)8-12(10)14(18)19-9-13(17)16-6-2-3-7-16/h4-5,8H,2-3,6-7,9,15H2,1H3. The van der Waals surface area contributed by atoms with Gasteiger partial charge in [-0.05, 0) is 37.5 Å².